The molecule has 31 heavy (non-hydrogen) atoms. The summed E-state index contributed by atoms with van der Waals surface area (Å²) in [7, 11) is 0. The van der Waals surface area contributed by atoms with Gasteiger partial charge < -0.3 is 15.0 Å². The lowest BCUT2D eigenvalue weighted by Gasteiger charge is -2.30. The zero-order valence-corrected chi connectivity index (χ0v) is 20.2. The molecule has 0 spiro atoms. The van der Waals surface area contributed by atoms with Crippen molar-refractivity contribution in [2.45, 2.75) is 59.7 Å². The van der Waals surface area contributed by atoms with E-state index in [1.165, 1.54) is 4.90 Å². The van der Waals surface area contributed by atoms with E-state index in [0.717, 1.165) is 17.5 Å². The van der Waals surface area contributed by atoms with Crippen LogP contribution in [0.3, 0.4) is 0 Å². The molecule has 0 radical (unpaired) electrons. The van der Waals surface area contributed by atoms with Gasteiger partial charge in [-0.15, -0.1) is 0 Å². The van der Waals surface area contributed by atoms with Crippen molar-refractivity contribution in [1.82, 2.24) is 10.2 Å². The van der Waals surface area contributed by atoms with Gasteiger partial charge >= 0.3 is 0 Å². The quantitative estimate of drug-likeness (QED) is 0.545. The number of ether oxygens (including phenoxy) is 1. The Morgan fingerprint density at radius 2 is 1.68 bits per heavy atom. The van der Waals surface area contributed by atoms with Crippen molar-refractivity contribution >= 4 is 35.0 Å². The number of hydrogen-bond donors (Lipinski definition) is 1. The number of nitrogens with one attached hydrogen (secondary N) is 1. The molecule has 0 unspecified atom stereocenters. The lowest BCUT2D eigenvalue weighted by molar-refractivity contribution is -0.142. The molecule has 2 amide bonds. The first-order valence-electron chi connectivity index (χ1n) is 10.4. The molecule has 0 heterocycles. The molecular weight excluding hydrogens is 435 g/mol. The van der Waals surface area contributed by atoms with Gasteiger partial charge in [0.25, 0.3) is 5.91 Å². The number of benzene rings is 2. The molecule has 168 valence electrons. The number of amides is 2. The van der Waals surface area contributed by atoms with Crippen molar-refractivity contribution in [2.24, 2.45) is 0 Å². The van der Waals surface area contributed by atoms with E-state index in [9.17, 15) is 9.59 Å². The highest BCUT2D eigenvalue weighted by molar-refractivity contribution is 6.36. The van der Waals surface area contributed by atoms with Crippen LogP contribution in [0.1, 0.15) is 43.9 Å². The summed E-state index contributed by atoms with van der Waals surface area (Å²) in [4.78, 5) is 27.4. The topological polar surface area (TPSA) is 58.6 Å². The Labute approximate surface area is 194 Å². The Kier molecular flexibility index (Phi) is 9.20. The normalized spacial score (nSPS) is 12.7. The molecule has 5 nitrogen and oxygen atoms in total. The van der Waals surface area contributed by atoms with Crippen molar-refractivity contribution in [2.75, 3.05) is 6.61 Å². The fourth-order valence-corrected chi connectivity index (χ4v) is 3.52. The first-order chi connectivity index (χ1) is 14.6. The zero-order valence-electron chi connectivity index (χ0n) is 18.7. The Balaban J connectivity index is 2.26. The minimum absolute atomic E-state index is 0.00185. The Morgan fingerprint density at radius 1 is 1.06 bits per heavy atom. The summed E-state index contributed by atoms with van der Waals surface area (Å²) in [5, 5.41) is 3.81. The molecule has 0 aliphatic carbocycles. The van der Waals surface area contributed by atoms with Gasteiger partial charge in [-0.25, -0.2) is 0 Å². The van der Waals surface area contributed by atoms with Gasteiger partial charge in [-0.3, -0.25) is 9.59 Å². The molecule has 0 fully saturated rings. The Bertz CT molecular complexity index is 913. The predicted octanol–water partition coefficient (Wildman–Crippen LogP) is 5.32. The minimum atomic E-state index is -0.726. The maximum Gasteiger partial charge on any atom is 0.261 e. The van der Waals surface area contributed by atoms with Gasteiger partial charge in [-0.1, -0.05) is 48.3 Å². The van der Waals surface area contributed by atoms with E-state index in [1.54, 1.807) is 25.1 Å². The number of nitrogens with zero attached hydrogens (tertiary/aromatic N) is 1. The molecular formula is C24H30Cl2N2O3. The smallest absolute Gasteiger partial charge is 0.261 e. The SMILES string of the molecule is CC[C@H](C)NC(=O)[C@@H](C)N(Cc1c(Cl)cccc1Cl)C(=O)COc1cccc(C)c1C. The van der Waals surface area contributed by atoms with Crippen LogP contribution in [-0.2, 0) is 16.1 Å². The molecule has 0 bridgehead atoms. The molecule has 2 rings (SSSR count). The molecule has 0 aliphatic heterocycles. The summed E-state index contributed by atoms with van der Waals surface area (Å²) in [5.74, 6) is 0.0714. The van der Waals surface area contributed by atoms with E-state index in [2.05, 4.69) is 5.32 Å². The first kappa shape index (κ1) is 25.0. The minimum Gasteiger partial charge on any atom is -0.483 e. The summed E-state index contributed by atoms with van der Waals surface area (Å²) >= 11 is 12.7. The summed E-state index contributed by atoms with van der Waals surface area (Å²) in [6.07, 6.45) is 0.790. The molecule has 2 atom stereocenters. The van der Waals surface area contributed by atoms with Crippen molar-refractivity contribution < 1.29 is 14.3 Å². The number of halogens is 2. The third-order valence-electron chi connectivity index (χ3n) is 5.46. The van der Waals surface area contributed by atoms with E-state index >= 15 is 0 Å². The number of rotatable bonds is 9. The second-order valence-electron chi connectivity index (χ2n) is 7.70. The molecule has 0 saturated carbocycles. The lowest BCUT2D eigenvalue weighted by atomic mass is 10.1. The third kappa shape index (κ3) is 6.62. The van der Waals surface area contributed by atoms with Crippen LogP contribution < -0.4 is 10.1 Å². The largest absolute Gasteiger partial charge is 0.483 e. The summed E-state index contributed by atoms with van der Waals surface area (Å²) in [5.41, 5.74) is 2.64. The van der Waals surface area contributed by atoms with Gasteiger partial charge in [-0.05, 0) is 63.4 Å². The summed E-state index contributed by atoms with van der Waals surface area (Å²) in [6.45, 7) is 9.43. The van der Waals surface area contributed by atoms with Crippen LogP contribution in [0.25, 0.3) is 0 Å². The van der Waals surface area contributed by atoms with Crippen LogP contribution in [0, 0.1) is 13.8 Å². The zero-order chi connectivity index (χ0) is 23.1. The van der Waals surface area contributed by atoms with E-state index in [-0.39, 0.29) is 31.0 Å². The maximum absolute atomic E-state index is 13.2. The number of carbonyl (C=O) groups excluding carboxylic acids is 2. The monoisotopic (exact) mass is 464 g/mol. The Morgan fingerprint density at radius 3 is 2.29 bits per heavy atom. The number of carbonyl (C=O) groups is 2. The van der Waals surface area contributed by atoms with Gasteiger partial charge in [0.1, 0.15) is 11.8 Å². The molecule has 0 aliphatic rings. The highest BCUT2D eigenvalue weighted by Crippen LogP contribution is 2.27. The van der Waals surface area contributed by atoms with Crippen LogP contribution in [0.5, 0.6) is 5.75 Å². The van der Waals surface area contributed by atoms with E-state index < -0.39 is 6.04 Å². The standard InChI is InChI=1S/C24H30Cl2N2O3/c1-6-16(3)27-24(30)18(5)28(13-19-20(25)10-8-11-21(19)26)23(29)14-31-22-12-7-9-15(2)17(22)4/h7-12,16,18H,6,13-14H2,1-5H3,(H,27,30)/t16-,18+/m0/s1. The molecule has 0 saturated heterocycles. The van der Waals surface area contributed by atoms with Crippen molar-refractivity contribution in [1.29, 1.82) is 0 Å². The van der Waals surface area contributed by atoms with E-state index in [4.69, 9.17) is 27.9 Å². The van der Waals surface area contributed by atoms with Gasteiger partial charge in [0, 0.05) is 28.2 Å². The van der Waals surface area contributed by atoms with Crippen LogP contribution >= 0.6 is 23.2 Å². The highest BCUT2D eigenvalue weighted by Gasteiger charge is 2.28. The van der Waals surface area contributed by atoms with Crippen molar-refractivity contribution in [3.05, 3.63) is 63.1 Å². The maximum atomic E-state index is 13.2. The fourth-order valence-electron chi connectivity index (χ4n) is 3.00. The van der Waals surface area contributed by atoms with Crippen LogP contribution in [0.4, 0.5) is 0 Å². The average Bonchev–Trinajstić information content (AvgIpc) is 2.73. The van der Waals surface area contributed by atoms with Gasteiger partial charge in [0.05, 0.1) is 0 Å². The van der Waals surface area contributed by atoms with Gasteiger partial charge in [0.2, 0.25) is 5.91 Å². The van der Waals surface area contributed by atoms with E-state index in [1.807, 2.05) is 45.9 Å². The van der Waals surface area contributed by atoms with Gasteiger partial charge in [-0.2, -0.15) is 0 Å². The number of hydrogen-bond acceptors (Lipinski definition) is 3. The lowest BCUT2D eigenvalue weighted by Crippen LogP contribution is -2.50. The van der Waals surface area contributed by atoms with Crippen molar-refractivity contribution in [3.63, 3.8) is 0 Å². The average molecular weight is 465 g/mol. The van der Waals surface area contributed by atoms with E-state index in [0.29, 0.717) is 21.4 Å². The second kappa shape index (κ2) is 11.4. The summed E-state index contributed by atoms with van der Waals surface area (Å²) < 4.78 is 5.80. The Hall–Kier alpha value is -2.24. The molecule has 7 heteroatoms. The summed E-state index contributed by atoms with van der Waals surface area (Å²) in [6, 6.07) is 10.1. The predicted molar refractivity (Wildman–Crippen MR) is 126 cm³/mol. The highest BCUT2D eigenvalue weighted by atomic mass is 35.5. The van der Waals surface area contributed by atoms with Crippen LogP contribution in [0.15, 0.2) is 36.4 Å². The molecule has 0 aromatic heterocycles. The van der Waals surface area contributed by atoms with Crippen LogP contribution in [0.2, 0.25) is 10.0 Å². The fraction of sp³-hybridized carbons (Fsp3) is 0.417. The van der Waals surface area contributed by atoms with Crippen molar-refractivity contribution in [3.8, 4) is 5.75 Å². The molecule has 2 aromatic rings. The van der Waals surface area contributed by atoms with Gasteiger partial charge in [0.15, 0.2) is 6.61 Å². The second-order valence-corrected chi connectivity index (χ2v) is 8.52. The number of aryl methyl sites for hydroxylation is 1. The first-order valence-corrected chi connectivity index (χ1v) is 11.1. The molecule has 1 N–H and O–H groups in total. The third-order valence-corrected chi connectivity index (χ3v) is 6.17. The van der Waals surface area contributed by atoms with Crippen LogP contribution in [-0.4, -0.2) is 35.4 Å². The molecule has 2 aromatic carbocycles.